The molecule has 1 aliphatic carbocycles. The van der Waals surface area contributed by atoms with Gasteiger partial charge >= 0.3 is 0 Å². The minimum atomic E-state index is -0.688. The van der Waals surface area contributed by atoms with Gasteiger partial charge in [0.05, 0.1) is 31.2 Å². The van der Waals surface area contributed by atoms with Crippen molar-refractivity contribution in [1.82, 2.24) is 9.78 Å². The third-order valence-corrected chi connectivity index (χ3v) is 4.83. The SMILES string of the molecule is N#CCC1(n2cc(C(N)=O)c(NC=O)n2)CCC2(CC1)OCCO2. The number of ether oxygens (including phenoxy) is 2. The van der Waals surface area contributed by atoms with E-state index in [0.717, 1.165) is 0 Å². The highest BCUT2D eigenvalue weighted by Crippen LogP contribution is 2.45. The van der Waals surface area contributed by atoms with Crippen LogP contribution in [-0.4, -0.2) is 41.1 Å². The molecule has 1 spiro atoms. The van der Waals surface area contributed by atoms with Crippen molar-refractivity contribution in [3.63, 3.8) is 0 Å². The fourth-order valence-electron chi connectivity index (χ4n) is 3.48. The van der Waals surface area contributed by atoms with Crippen molar-refractivity contribution in [3.8, 4) is 6.07 Å². The summed E-state index contributed by atoms with van der Waals surface area (Å²) in [6, 6.07) is 2.20. The summed E-state index contributed by atoms with van der Waals surface area (Å²) in [5.74, 6) is -1.15. The molecule has 1 saturated heterocycles. The third kappa shape index (κ3) is 2.74. The summed E-state index contributed by atoms with van der Waals surface area (Å²) >= 11 is 0. The Morgan fingerprint density at radius 3 is 2.62 bits per heavy atom. The molecule has 0 aromatic carbocycles. The van der Waals surface area contributed by atoms with Crippen molar-refractivity contribution in [2.75, 3.05) is 18.5 Å². The van der Waals surface area contributed by atoms with Crippen molar-refractivity contribution in [2.45, 2.75) is 43.4 Å². The van der Waals surface area contributed by atoms with Crippen molar-refractivity contribution >= 4 is 18.1 Å². The minimum Gasteiger partial charge on any atom is -0.365 e. The van der Waals surface area contributed by atoms with Crippen LogP contribution < -0.4 is 11.1 Å². The molecule has 2 amide bonds. The summed E-state index contributed by atoms with van der Waals surface area (Å²) in [5, 5.41) is 15.9. The number of aromatic nitrogens is 2. The Morgan fingerprint density at radius 1 is 1.42 bits per heavy atom. The second kappa shape index (κ2) is 6.22. The van der Waals surface area contributed by atoms with Crippen LogP contribution in [0.1, 0.15) is 42.5 Å². The lowest BCUT2D eigenvalue weighted by molar-refractivity contribution is -0.190. The number of carbonyl (C=O) groups excluding carboxylic acids is 2. The number of nitrogens with two attached hydrogens (primary N) is 1. The molecule has 128 valence electrons. The Hall–Kier alpha value is -2.44. The average Bonchev–Trinajstić information content (AvgIpc) is 3.19. The molecule has 1 aliphatic heterocycles. The van der Waals surface area contributed by atoms with Gasteiger partial charge in [0.2, 0.25) is 6.41 Å². The molecule has 0 radical (unpaired) electrons. The van der Waals surface area contributed by atoms with E-state index in [1.54, 1.807) is 4.68 Å². The van der Waals surface area contributed by atoms with E-state index in [-0.39, 0.29) is 17.8 Å². The quantitative estimate of drug-likeness (QED) is 0.753. The van der Waals surface area contributed by atoms with Crippen LogP contribution in [0.5, 0.6) is 0 Å². The van der Waals surface area contributed by atoms with Gasteiger partial charge in [-0.25, -0.2) is 0 Å². The number of anilines is 1. The van der Waals surface area contributed by atoms with Crippen molar-refractivity contribution < 1.29 is 19.1 Å². The molecule has 9 heteroatoms. The zero-order chi connectivity index (χ0) is 17.2. The number of rotatable bonds is 5. The Kier molecular flexibility index (Phi) is 4.26. The van der Waals surface area contributed by atoms with Crippen LogP contribution >= 0.6 is 0 Å². The van der Waals surface area contributed by atoms with E-state index in [4.69, 9.17) is 15.2 Å². The normalized spacial score (nSPS) is 21.3. The first-order valence-electron chi connectivity index (χ1n) is 7.79. The average molecular weight is 333 g/mol. The number of nitrogens with one attached hydrogen (secondary N) is 1. The topological polar surface area (TPSA) is 132 Å². The summed E-state index contributed by atoms with van der Waals surface area (Å²) in [4.78, 5) is 22.3. The van der Waals surface area contributed by atoms with Gasteiger partial charge in [0.25, 0.3) is 5.91 Å². The highest BCUT2D eigenvalue weighted by atomic mass is 16.7. The van der Waals surface area contributed by atoms with Gasteiger partial charge in [-0.3, -0.25) is 14.3 Å². The van der Waals surface area contributed by atoms with E-state index in [0.29, 0.717) is 45.3 Å². The lowest BCUT2D eigenvalue weighted by Crippen LogP contribution is -2.45. The fraction of sp³-hybridized carbons (Fsp3) is 0.600. The Morgan fingerprint density at radius 2 is 2.08 bits per heavy atom. The van der Waals surface area contributed by atoms with Gasteiger partial charge in [-0.2, -0.15) is 10.4 Å². The maximum atomic E-state index is 11.6. The summed E-state index contributed by atoms with van der Waals surface area (Å²) in [6.07, 6.45) is 4.66. The van der Waals surface area contributed by atoms with Gasteiger partial charge in [0.1, 0.15) is 5.56 Å². The second-order valence-corrected chi connectivity index (χ2v) is 6.13. The number of hydrogen-bond donors (Lipinski definition) is 2. The molecular weight excluding hydrogens is 314 g/mol. The minimum absolute atomic E-state index is 0.100. The van der Waals surface area contributed by atoms with Crippen LogP contribution in [0.4, 0.5) is 5.82 Å². The van der Waals surface area contributed by atoms with Crippen LogP contribution in [0, 0.1) is 11.3 Å². The third-order valence-electron chi connectivity index (χ3n) is 4.83. The van der Waals surface area contributed by atoms with Crippen LogP contribution in [0.25, 0.3) is 0 Å². The van der Waals surface area contributed by atoms with Gasteiger partial charge < -0.3 is 20.5 Å². The molecule has 0 bridgehead atoms. The molecule has 2 fully saturated rings. The van der Waals surface area contributed by atoms with Gasteiger partial charge in [-0.15, -0.1) is 0 Å². The summed E-state index contributed by atoms with van der Waals surface area (Å²) < 4.78 is 13.0. The summed E-state index contributed by atoms with van der Waals surface area (Å²) in [6.45, 7) is 1.15. The number of primary amides is 1. The van der Waals surface area contributed by atoms with E-state index in [1.165, 1.54) is 6.20 Å². The molecule has 0 atom stereocenters. The van der Waals surface area contributed by atoms with Crippen molar-refractivity contribution in [3.05, 3.63) is 11.8 Å². The maximum absolute atomic E-state index is 11.6. The number of hydrogen-bond acceptors (Lipinski definition) is 6. The Balaban J connectivity index is 1.91. The molecule has 24 heavy (non-hydrogen) atoms. The van der Waals surface area contributed by atoms with Gasteiger partial charge in [0.15, 0.2) is 11.6 Å². The Bertz CT molecular complexity index is 677. The molecule has 0 unspecified atom stereocenters. The lowest BCUT2D eigenvalue weighted by Gasteiger charge is -2.42. The predicted octanol–water partition coefficient (Wildman–Crippen LogP) is 0.476. The number of carbonyl (C=O) groups is 2. The molecule has 1 saturated carbocycles. The van der Waals surface area contributed by atoms with E-state index in [2.05, 4.69) is 16.5 Å². The molecule has 3 rings (SSSR count). The highest BCUT2D eigenvalue weighted by molar-refractivity contribution is 5.99. The first-order valence-corrected chi connectivity index (χ1v) is 7.79. The van der Waals surface area contributed by atoms with E-state index < -0.39 is 17.2 Å². The summed E-state index contributed by atoms with van der Waals surface area (Å²) in [7, 11) is 0. The van der Waals surface area contributed by atoms with Gasteiger partial charge in [-0.1, -0.05) is 0 Å². The molecule has 2 aliphatic rings. The number of amides is 2. The molecule has 1 aromatic rings. The first kappa shape index (κ1) is 16.4. The monoisotopic (exact) mass is 333 g/mol. The molecule has 9 nitrogen and oxygen atoms in total. The zero-order valence-electron chi connectivity index (χ0n) is 13.2. The summed E-state index contributed by atoms with van der Waals surface area (Å²) in [5.41, 5.74) is 4.88. The Labute approximate surface area is 138 Å². The lowest BCUT2D eigenvalue weighted by atomic mass is 9.77. The van der Waals surface area contributed by atoms with Crippen LogP contribution in [0.15, 0.2) is 6.20 Å². The molecular formula is C15H19N5O4. The molecule has 3 N–H and O–H groups in total. The van der Waals surface area contributed by atoms with Crippen LogP contribution in [0.3, 0.4) is 0 Å². The van der Waals surface area contributed by atoms with Gasteiger partial charge in [0, 0.05) is 19.0 Å². The standard InChI is InChI=1S/C15H19N5O4/c16-6-5-14(1-3-15(4-2-14)23-7-8-24-15)20-9-11(12(17)22)13(19-20)18-10-21/h9-10H,1-5,7-8H2,(H2,17,22)(H,18,19,21). The highest BCUT2D eigenvalue weighted by Gasteiger charge is 2.47. The van der Waals surface area contributed by atoms with E-state index in [9.17, 15) is 14.9 Å². The van der Waals surface area contributed by atoms with Crippen molar-refractivity contribution in [1.29, 1.82) is 5.26 Å². The van der Waals surface area contributed by atoms with Gasteiger partial charge in [-0.05, 0) is 12.8 Å². The predicted molar refractivity (Wildman–Crippen MR) is 81.7 cm³/mol. The van der Waals surface area contributed by atoms with E-state index in [1.807, 2.05) is 0 Å². The largest absolute Gasteiger partial charge is 0.365 e. The van der Waals surface area contributed by atoms with Crippen LogP contribution in [0.2, 0.25) is 0 Å². The maximum Gasteiger partial charge on any atom is 0.254 e. The molecule has 2 heterocycles. The zero-order valence-corrected chi connectivity index (χ0v) is 13.2. The fourth-order valence-corrected chi connectivity index (χ4v) is 3.48. The number of nitriles is 1. The van der Waals surface area contributed by atoms with Crippen LogP contribution in [-0.2, 0) is 19.8 Å². The second-order valence-electron chi connectivity index (χ2n) is 6.13. The smallest absolute Gasteiger partial charge is 0.254 e. The van der Waals surface area contributed by atoms with E-state index >= 15 is 0 Å². The van der Waals surface area contributed by atoms with Crippen molar-refractivity contribution in [2.24, 2.45) is 5.73 Å². The first-order chi connectivity index (χ1) is 11.5. The molecule has 1 aromatic heterocycles. The number of nitrogens with zero attached hydrogens (tertiary/aromatic N) is 3.